The summed E-state index contributed by atoms with van der Waals surface area (Å²) in [6.45, 7) is 4.28. The van der Waals surface area contributed by atoms with Gasteiger partial charge in [-0.2, -0.15) is 0 Å². The third-order valence-electron chi connectivity index (χ3n) is 2.01. The monoisotopic (exact) mass is 172 g/mol. The zero-order valence-electron chi connectivity index (χ0n) is 7.49. The van der Waals surface area contributed by atoms with E-state index in [1.54, 1.807) is 5.01 Å². The summed E-state index contributed by atoms with van der Waals surface area (Å²) in [5.41, 5.74) is 0. The average Bonchev–Trinajstić information content (AvgIpc) is 2.37. The first kappa shape index (κ1) is 9.48. The normalized spacial score (nSPS) is 19.2. The Balaban J connectivity index is 2.45. The van der Waals surface area contributed by atoms with Crippen molar-refractivity contribution in [2.45, 2.75) is 19.8 Å². The maximum atomic E-state index is 11.3. The molecule has 0 bridgehead atoms. The highest BCUT2D eigenvalue weighted by Crippen LogP contribution is 2.11. The maximum Gasteiger partial charge on any atom is 0.238 e. The second-order valence-electron chi connectivity index (χ2n) is 2.94. The highest BCUT2D eigenvalue weighted by Gasteiger charge is 2.26. The predicted molar refractivity (Wildman–Crippen MR) is 45.3 cm³/mol. The summed E-state index contributed by atoms with van der Waals surface area (Å²) in [6, 6.07) is 0. The topological polar surface area (TPSA) is 43.8 Å². The zero-order chi connectivity index (χ0) is 8.97. The van der Waals surface area contributed by atoms with Crippen LogP contribution < -0.4 is 0 Å². The molecule has 0 saturated carbocycles. The van der Waals surface area contributed by atoms with Gasteiger partial charge in [-0.3, -0.25) is 9.80 Å². The average molecular weight is 172 g/mol. The lowest BCUT2D eigenvalue weighted by Crippen LogP contribution is -2.40. The van der Waals surface area contributed by atoms with Crippen molar-refractivity contribution in [1.29, 1.82) is 0 Å². The number of carbonyl (C=O) groups excluding carboxylic acids is 1. The summed E-state index contributed by atoms with van der Waals surface area (Å²) in [4.78, 5) is 11.3. The van der Waals surface area contributed by atoms with E-state index >= 15 is 0 Å². The summed E-state index contributed by atoms with van der Waals surface area (Å²) < 4.78 is 0. The standard InChI is InChI=1S/C8H16N2O2/c1-2-4-10-8(12)3-5-9(10)6-7-11/h11H,2-7H2,1H3. The van der Waals surface area contributed by atoms with E-state index in [1.807, 2.05) is 11.9 Å². The molecule has 0 aromatic rings. The molecule has 1 fully saturated rings. The molecule has 4 heteroatoms. The van der Waals surface area contributed by atoms with Gasteiger partial charge >= 0.3 is 0 Å². The number of aliphatic hydroxyl groups is 1. The van der Waals surface area contributed by atoms with E-state index in [9.17, 15) is 4.79 Å². The first-order valence-electron chi connectivity index (χ1n) is 4.45. The van der Waals surface area contributed by atoms with E-state index in [-0.39, 0.29) is 12.5 Å². The Morgan fingerprint density at radius 3 is 2.83 bits per heavy atom. The lowest BCUT2D eigenvalue weighted by atomic mass is 10.4. The van der Waals surface area contributed by atoms with Crippen LogP contribution in [-0.4, -0.2) is 47.3 Å². The highest BCUT2D eigenvalue weighted by atomic mass is 16.3. The number of amides is 1. The Morgan fingerprint density at radius 2 is 2.25 bits per heavy atom. The molecule has 0 unspecified atom stereocenters. The molecular weight excluding hydrogens is 156 g/mol. The fraction of sp³-hybridized carbons (Fsp3) is 0.875. The van der Waals surface area contributed by atoms with Gasteiger partial charge in [-0.1, -0.05) is 6.92 Å². The van der Waals surface area contributed by atoms with E-state index in [0.29, 0.717) is 13.0 Å². The molecule has 1 heterocycles. The number of hydrogen-bond donors (Lipinski definition) is 1. The summed E-state index contributed by atoms with van der Waals surface area (Å²) in [5, 5.41) is 12.4. The van der Waals surface area contributed by atoms with E-state index in [1.165, 1.54) is 0 Å². The van der Waals surface area contributed by atoms with Crippen LogP contribution in [0.15, 0.2) is 0 Å². The largest absolute Gasteiger partial charge is 0.395 e. The minimum absolute atomic E-state index is 0.119. The Hall–Kier alpha value is -0.610. The van der Waals surface area contributed by atoms with Gasteiger partial charge in [0.25, 0.3) is 0 Å². The van der Waals surface area contributed by atoms with Gasteiger partial charge < -0.3 is 5.11 Å². The van der Waals surface area contributed by atoms with Gasteiger partial charge in [0.05, 0.1) is 6.61 Å². The van der Waals surface area contributed by atoms with Crippen LogP contribution >= 0.6 is 0 Å². The Labute approximate surface area is 72.7 Å². The molecule has 12 heavy (non-hydrogen) atoms. The summed E-state index contributed by atoms with van der Waals surface area (Å²) >= 11 is 0. The van der Waals surface area contributed by atoms with Gasteiger partial charge in [-0.15, -0.1) is 0 Å². The minimum atomic E-state index is 0.119. The number of nitrogens with zero attached hydrogens (tertiary/aromatic N) is 2. The van der Waals surface area contributed by atoms with Crippen LogP contribution in [0.25, 0.3) is 0 Å². The fourth-order valence-electron chi connectivity index (χ4n) is 1.46. The Bertz CT molecular complexity index is 161. The third-order valence-corrected chi connectivity index (χ3v) is 2.01. The molecule has 1 rings (SSSR count). The molecule has 70 valence electrons. The lowest BCUT2D eigenvalue weighted by Gasteiger charge is -2.26. The van der Waals surface area contributed by atoms with Crippen molar-refractivity contribution in [3.63, 3.8) is 0 Å². The van der Waals surface area contributed by atoms with Gasteiger partial charge in [-0.05, 0) is 6.42 Å². The van der Waals surface area contributed by atoms with Crippen molar-refractivity contribution in [3.05, 3.63) is 0 Å². The first-order valence-corrected chi connectivity index (χ1v) is 4.45. The van der Waals surface area contributed by atoms with Gasteiger partial charge in [0.1, 0.15) is 0 Å². The molecule has 1 saturated heterocycles. The minimum Gasteiger partial charge on any atom is -0.395 e. The van der Waals surface area contributed by atoms with Crippen molar-refractivity contribution < 1.29 is 9.90 Å². The molecule has 0 atom stereocenters. The molecule has 0 radical (unpaired) electrons. The van der Waals surface area contributed by atoms with Crippen molar-refractivity contribution in [2.75, 3.05) is 26.2 Å². The van der Waals surface area contributed by atoms with Gasteiger partial charge in [-0.25, -0.2) is 5.01 Å². The Morgan fingerprint density at radius 1 is 1.50 bits per heavy atom. The number of hydrogen-bond acceptors (Lipinski definition) is 3. The second-order valence-corrected chi connectivity index (χ2v) is 2.94. The number of hydrazine groups is 1. The van der Waals surface area contributed by atoms with Crippen LogP contribution in [0.1, 0.15) is 19.8 Å². The molecule has 1 aliphatic rings. The van der Waals surface area contributed by atoms with Crippen LogP contribution in [0.4, 0.5) is 0 Å². The van der Waals surface area contributed by atoms with Gasteiger partial charge in [0.15, 0.2) is 0 Å². The van der Waals surface area contributed by atoms with Crippen LogP contribution in [-0.2, 0) is 4.79 Å². The quantitative estimate of drug-likeness (QED) is 0.640. The van der Waals surface area contributed by atoms with Crippen LogP contribution in [0, 0.1) is 0 Å². The molecule has 1 aliphatic heterocycles. The van der Waals surface area contributed by atoms with E-state index in [0.717, 1.165) is 19.5 Å². The number of rotatable bonds is 4. The molecule has 0 aliphatic carbocycles. The fourth-order valence-corrected chi connectivity index (χ4v) is 1.46. The summed E-state index contributed by atoms with van der Waals surface area (Å²) in [6.07, 6.45) is 1.56. The van der Waals surface area contributed by atoms with E-state index in [4.69, 9.17) is 5.11 Å². The van der Waals surface area contributed by atoms with Crippen LogP contribution in [0.2, 0.25) is 0 Å². The Kier molecular flexibility index (Phi) is 3.49. The van der Waals surface area contributed by atoms with Crippen LogP contribution in [0.5, 0.6) is 0 Å². The predicted octanol–water partition coefficient (Wildman–Crippen LogP) is -0.162. The van der Waals surface area contributed by atoms with Crippen LogP contribution in [0.3, 0.4) is 0 Å². The van der Waals surface area contributed by atoms with Crippen molar-refractivity contribution >= 4 is 5.91 Å². The molecule has 0 aromatic heterocycles. The van der Waals surface area contributed by atoms with Gasteiger partial charge in [0, 0.05) is 26.1 Å². The SMILES string of the molecule is CCCN1C(=O)CCN1CCO. The van der Waals surface area contributed by atoms with Crippen molar-refractivity contribution in [1.82, 2.24) is 10.0 Å². The lowest BCUT2D eigenvalue weighted by molar-refractivity contribution is -0.138. The maximum absolute atomic E-state index is 11.3. The third kappa shape index (κ3) is 1.95. The molecule has 4 nitrogen and oxygen atoms in total. The number of aliphatic hydroxyl groups excluding tert-OH is 1. The molecular formula is C8H16N2O2. The van der Waals surface area contributed by atoms with Gasteiger partial charge in [0.2, 0.25) is 5.91 Å². The summed E-state index contributed by atoms with van der Waals surface area (Å²) in [5.74, 6) is 0.185. The smallest absolute Gasteiger partial charge is 0.238 e. The molecule has 1 N–H and O–H groups in total. The second kappa shape index (κ2) is 4.42. The molecule has 0 spiro atoms. The number of β-amino-alcohol motifs (C(OH)–C–C–N with tert-alkyl or cyclic N) is 1. The highest BCUT2D eigenvalue weighted by molar-refractivity contribution is 5.77. The van der Waals surface area contributed by atoms with Crippen molar-refractivity contribution in [2.24, 2.45) is 0 Å². The van der Waals surface area contributed by atoms with E-state index in [2.05, 4.69) is 0 Å². The van der Waals surface area contributed by atoms with E-state index < -0.39 is 0 Å². The molecule has 0 aromatic carbocycles. The summed E-state index contributed by atoms with van der Waals surface area (Å²) in [7, 11) is 0. The number of carbonyl (C=O) groups is 1. The molecule has 1 amide bonds. The van der Waals surface area contributed by atoms with Crippen molar-refractivity contribution in [3.8, 4) is 0 Å². The first-order chi connectivity index (χ1) is 5.79. The zero-order valence-corrected chi connectivity index (χ0v) is 7.49.